The van der Waals surface area contributed by atoms with Crippen LogP contribution in [0.5, 0.6) is 11.5 Å². The molecule has 0 radical (unpaired) electrons. The molecule has 0 unspecified atom stereocenters. The van der Waals surface area contributed by atoms with Crippen LogP contribution < -0.4 is 9.47 Å². The number of halogens is 1. The van der Waals surface area contributed by atoms with Crippen LogP contribution in [0.2, 0.25) is 5.02 Å². The Morgan fingerprint density at radius 1 is 1.00 bits per heavy atom. The van der Waals surface area contributed by atoms with Gasteiger partial charge in [-0.05, 0) is 54.1 Å². The SMILES string of the molecule is COc1ccc(C=C2C=C(c3ccc(Cl)cc3)OC2=O)cc1OC. The summed E-state index contributed by atoms with van der Waals surface area (Å²) in [5.74, 6) is 1.34. The molecule has 0 bridgehead atoms. The van der Waals surface area contributed by atoms with E-state index in [4.69, 9.17) is 25.8 Å². The van der Waals surface area contributed by atoms with E-state index in [1.807, 2.05) is 6.07 Å². The Labute approximate surface area is 144 Å². The molecule has 0 fully saturated rings. The molecule has 1 aliphatic heterocycles. The van der Waals surface area contributed by atoms with Gasteiger partial charge in [0, 0.05) is 10.6 Å². The lowest BCUT2D eigenvalue weighted by Gasteiger charge is -2.07. The summed E-state index contributed by atoms with van der Waals surface area (Å²) in [6.45, 7) is 0. The molecule has 0 aliphatic carbocycles. The molecule has 5 heteroatoms. The first-order valence-corrected chi connectivity index (χ1v) is 7.62. The molecule has 0 N–H and O–H groups in total. The molecule has 0 amide bonds. The summed E-state index contributed by atoms with van der Waals surface area (Å²) in [6, 6.07) is 12.5. The van der Waals surface area contributed by atoms with Crippen LogP contribution in [-0.2, 0) is 9.53 Å². The van der Waals surface area contributed by atoms with Gasteiger partial charge in [0.1, 0.15) is 5.76 Å². The van der Waals surface area contributed by atoms with Crippen molar-refractivity contribution in [1.29, 1.82) is 0 Å². The van der Waals surface area contributed by atoms with Crippen LogP contribution in [0.4, 0.5) is 0 Å². The number of carbonyl (C=O) groups excluding carboxylic acids is 1. The van der Waals surface area contributed by atoms with E-state index in [2.05, 4.69) is 0 Å². The molecule has 0 atom stereocenters. The minimum atomic E-state index is -0.394. The van der Waals surface area contributed by atoms with Gasteiger partial charge in [-0.3, -0.25) is 0 Å². The molecule has 4 nitrogen and oxygen atoms in total. The largest absolute Gasteiger partial charge is 0.493 e. The predicted octanol–water partition coefficient (Wildman–Crippen LogP) is 4.34. The van der Waals surface area contributed by atoms with Gasteiger partial charge in [-0.2, -0.15) is 0 Å². The first kappa shape index (κ1) is 16.1. The molecule has 24 heavy (non-hydrogen) atoms. The Kier molecular flexibility index (Phi) is 4.58. The van der Waals surface area contributed by atoms with Gasteiger partial charge in [-0.15, -0.1) is 0 Å². The number of esters is 1. The lowest BCUT2D eigenvalue weighted by atomic mass is 10.1. The third-order valence-corrected chi connectivity index (χ3v) is 3.84. The first-order chi connectivity index (χ1) is 11.6. The maximum atomic E-state index is 12.1. The van der Waals surface area contributed by atoms with Crippen LogP contribution in [0.25, 0.3) is 11.8 Å². The van der Waals surface area contributed by atoms with Crippen molar-refractivity contribution in [2.45, 2.75) is 0 Å². The second-order valence-corrected chi connectivity index (χ2v) is 5.56. The number of rotatable bonds is 4. The van der Waals surface area contributed by atoms with E-state index >= 15 is 0 Å². The summed E-state index contributed by atoms with van der Waals surface area (Å²) < 4.78 is 15.8. The molecule has 0 saturated carbocycles. The zero-order valence-electron chi connectivity index (χ0n) is 13.2. The van der Waals surface area contributed by atoms with Crippen molar-refractivity contribution in [2.24, 2.45) is 0 Å². The first-order valence-electron chi connectivity index (χ1n) is 7.24. The van der Waals surface area contributed by atoms with Gasteiger partial charge in [0.2, 0.25) is 0 Å². The zero-order valence-corrected chi connectivity index (χ0v) is 14.0. The van der Waals surface area contributed by atoms with Gasteiger partial charge in [0.15, 0.2) is 11.5 Å². The smallest absolute Gasteiger partial charge is 0.343 e. The minimum absolute atomic E-state index is 0.394. The Bertz CT molecular complexity index is 835. The maximum absolute atomic E-state index is 12.1. The van der Waals surface area contributed by atoms with E-state index in [-0.39, 0.29) is 0 Å². The van der Waals surface area contributed by atoms with Gasteiger partial charge in [-0.1, -0.05) is 17.7 Å². The Morgan fingerprint density at radius 2 is 1.71 bits per heavy atom. The van der Waals surface area contributed by atoms with Gasteiger partial charge in [-0.25, -0.2) is 4.79 Å². The number of carbonyl (C=O) groups is 1. The summed E-state index contributed by atoms with van der Waals surface area (Å²) in [6.07, 6.45) is 3.45. The van der Waals surface area contributed by atoms with E-state index in [0.29, 0.717) is 27.9 Å². The molecule has 1 heterocycles. The highest BCUT2D eigenvalue weighted by Crippen LogP contribution is 2.31. The maximum Gasteiger partial charge on any atom is 0.343 e. The molecule has 0 aromatic heterocycles. The summed E-state index contributed by atoms with van der Waals surface area (Å²) in [5, 5.41) is 0.629. The minimum Gasteiger partial charge on any atom is -0.493 e. The normalized spacial score (nSPS) is 15.2. The van der Waals surface area contributed by atoms with Crippen LogP contribution >= 0.6 is 11.6 Å². The monoisotopic (exact) mass is 342 g/mol. The highest BCUT2D eigenvalue weighted by molar-refractivity contribution is 6.30. The number of methoxy groups -OCH3 is 2. The Morgan fingerprint density at radius 3 is 2.38 bits per heavy atom. The van der Waals surface area contributed by atoms with Crippen molar-refractivity contribution >= 4 is 29.4 Å². The van der Waals surface area contributed by atoms with E-state index in [0.717, 1.165) is 11.1 Å². The molecule has 0 saturated heterocycles. The third-order valence-electron chi connectivity index (χ3n) is 3.58. The van der Waals surface area contributed by atoms with Crippen LogP contribution in [0, 0.1) is 0 Å². The Balaban J connectivity index is 1.92. The number of ether oxygens (including phenoxy) is 3. The van der Waals surface area contributed by atoms with Crippen molar-refractivity contribution in [3.63, 3.8) is 0 Å². The number of benzene rings is 2. The van der Waals surface area contributed by atoms with Crippen LogP contribution in [0.1, 0.15) is 11.1 Å². The lowest BCUT2D eigenvalue weighted by Crippen LogP contribution is -1.97. The van der Waals surface area contributed by atoms with Crippen LogP contribution in [0.15, 0.2) is 54.1 Å². The summed E-state index contributed by atoms with van der Waals surface area (Å²) in [5.41, 5.74) is 2.07. The second kappa shape index (κ2) is 6.81. The molecule has 3 rings (SSSR count). The summed E-state index contributed by atoms with van der Waals surface area (Å²) >= 11 is 5.88. The highest BCUT2D eigenvalue weighted by Gasteiger charge is 2.22. The highest BCUT2D eigenvalue weighted by atomic mass is 35.5. The van der Waals surface area contributed by atoms with Gasteiger partial charge in [0.05, 0.1) is 19.8 Å². The average Bonchev–Trinajstić information content (AvgIpc) is 2.96. The van der Waals surface area contributed by atoms with E-state index in [1.54, 1.807) is 62.8 Å². The number of cyclic esters (lactones) is 1. The van der Waals surface area contributed by atoms with Gasteiger partial charge in [0.25, 0.3) is 0 Å². The fraction of sp³-hybridized carbons (Fsp3) is 0.105. The summed E-state index contributed by atoms with van der Waals surface area (Å²) in [4.78, 5) is 12.1. The molecule has 1 aliphatic rings. The van der Waals surface area contributed by atoms with Crippen molar-refractivity contribution in [3.8, 4) is 11.5 Å². The van der Waals surface area contributed by atoms with Crippen LogP contribution in [0.3, 0.4) is 0 Å². The third kappa shape index (κ3) is 3.29. The number of hydrogen-bond donors (Lipinski definition) is 0. The lowest BCUT2D eigenvalue weighted by molar-refractivity contribution is -0.130. The fourth-order valence-corrected chi connectivity index (χ4v) is 2.49. The molecule has 2 aromatic carbocycles. The quantitative estimate of drug-likeness (QED) is 0.612. The number of hydrogen-bond acceptors (Lipinski definition) is 4. The molecule has 122 valence electrons. The van der Waals surface area contributed by atoms with Gasteiger partial charge >= 0.3 is 5.97 Å². The van der Waals surface area contributed by atoms with E-state index in [1.165, 1.54) is 0 Å². The summed E-state index contributed by atoms with van der Waals surface area (Å²) in [7, 11) is 3.14. The standard InChI is InChI=1S/C19H15ClO4/c1-22-16-8-3-12(10-18(16)23-2)9-14-11-17(24-19(14)21)13-4-6-15(20)7-5-13/h3-11H,1-2H3. The molecule has 2 aromatic rings. The van der Waals surface area contributed by atoms with Crippen molar-refractivity contribution in [1.82, 2.24) is 0 Å². The molecule has 0 spiro atoms. The van der Waals surface area contributed by atoms with Gasteiger partial charge < -0.3 is 14.2 Å². The topological polar surface area (TPSA) is 44.8 Å². The van der Waals surface area contributed by atoms with Crippen molar-refractivity contribution in [3.05, 3.63) is 70.3 Å². The fourth-order valence-electron chi connectivity index (χ4n) is 2.37. The average molecular weight is 343 g/mol. The van der Waals surface area contributed by atoms with Crippen molar-refractivity contribution in [2.75, 3.05) is 14.2 Å². The van der Waals surface area contributed by atoms with E-state index < -0.39 is 5.97 Å². The zero-order chi connectivity index (χ0) is 17.1. The van der Waals surface area contributed by atoms with E-state index in [9.17, 15) is 4.79 Å². The van der Waals surface area contributed by atoms with Crippen molar-refractivity contribution < 1.29 is 19.0 Å². The Hall–Kier alpha value is -2.72. The molecular formula is C19H15ClO4. The second-order valence-electron chi connectivity index (χ2n) is 5.12. The van der Waals surface area contributed by atoms with Crippen LogP contribution in [-0.4, -0.2) is 20.2 Å². The predicted molar refractivity (Wildman–Crippen MR) is 93.0 cm³/mol. The molecular weight excluding hydrogens is 328 g/mol.